The standard InChI is InChI=1S/C16H26N2O3S/c1-11(2)21-13-6-4-12(5-7-13)15(19)10-18-16(20)14(17)8-9-22-3/h4-7,11,14-15,19H,8-10,17H2,1-3H3,(H,18,20)/t14-,15?/m0/s1. The predicted octanol–water partition coefficient (Wildman–Crippen LogP) is 1.70. The summed E-state index contributed by atoms with van der Waals surface area (Å²) < 4.78 is 5.55. The number of ether oxygens (including phenoxy) is 1. The molecule has 1 aromatic rings. The first-order valence-electron chi connectivity index (χ1n) is 7.41. The molecule has 4 N–H and O–H groups in total. The fourth-order valence-electron chi connectivity index (χ4n) is 1.86. The molecule has 0 bridgehead atoms. The van der Waals surface area contributed by atoms with E-state index in [4.69, 9.17) is 10.5 Å². The highest BCUT2D eigenvalue weighted by Gasteiger charge is 2.15. The van der Waals surface area contributed by atoms with Crippen LogP contribution in [-0.4, -0.2) is 41.7 Å². The minimum absolute atomic E-state index is 0.109. The average Bonchev–Trinajstić information content (AvgIpc) is 2.50. The second-order valence-electron chi connectivity index (χ2n) is 5.38. The summed E-state index contributed by atoms with van der Waals surface area (Å²) in [6.07, 6.45) is 1.95. The van der Waals surface area contributed by atoms with Gasteiger partial charge in [0.1, 0.15) is 5.75 Å². The number of carbonyl (C=O) groups excluding carboxylic acids is 1. The van der Waals surface area contributed by atoms with Gasteiger partial charge in [-0.25, -0.2) is 0 Å². The summed E-state index contributed by atoms with van der Waals surface area (Å²) in [6, 6.07) is 6.68. The number of benzene rings is 1. The zero-order valence-electron chi connectivity index (χ0n) is 13.4. The Morgan fingerprint density at radius 3 is 2.55 bits per heavy atom. The number of aliphatic hydroxyl groups excluding tert-OH is 1. The Balaban J connectivity index is 2.44. The average molecular weight is 326 g/mol. The molecule has 1 aromatic carbocycles. The van der Waals surface area contributed by atoms with E-state index in [2.05, 4.69) is 5.32 Å². The van der Waals surface area contributed by atoms with Gasteiger partial charge >= 0.3 is 0 Å². The summed E-state index contributed by atoms with van der Waals surface area (Å²) in [5.74, 6) is 1.37. The Morgan fingerprint density at radius 2 is 2.00 bits per heavy atom. The quantitative estimate of drug-likeness (QED) is 0.643. The largest absolute Gasteiger partial charge is 0.491 e. The van der Waals surface area contributed by atoms with Crippen molar-refractivity contribution in [1.82, 2.24) is 5.32 Å². The van der Waals surface area contributed by atoms with Crippen molar-refractivity contribution in [2.24, 2.45) is 5.73 Å². The van der Waals surface area contributed by atoms with Gasteiger partial charge in [0.05, 0.1) is 18.2 Å². The maximum atomic E-state index is 11.8. The fourth-order valence-corrected chi connectivity index (χ4v) is 2.35. The molecule has 0 radical (unpaired) electrons. The normalized spacial score (nSPS) is 13.7. The van der Waals surface area contributed by atoms with E-state index in [1.165, 1.54) is 0 Å². The molecule has 1 unspecified atom stereocenters. The minimum Gasteiger partial charge on any atom is -0.491 e. The van der Waals surface area contributed by atoms with E-state index in [9.17, 15) is 9.90 Å². The summed E-state index contributed by atoms with van der Waals surface area (Å²) >= 11 is 1.65. The zero-order chi connectivity index (χ0) is 16.5. The molecule has 0 saturated heterocycles. The second kappa shape index (κ2) is 9.71. The van der Waals surface area contributed by atoms with Crippen molar-refractivity contribution in [3.05, 3.63) is 29.8 Å². The zero-order valence-corrected chi connectivity index (χ0v) is 14.2. The Morgan fingerprint density at radius 1 is 1.36 bits per heavy atom. The molecule has 0 saturated carbocycles. The van der Waals surface area contributed by atoms with E-state index < -0.39 is 12.1 Å². The van der Waals surface area contributed by atoms with Gasteiger partial charge in [0.2, 0.25) is 5.91 Å². The first-order chi connectivity index (χ1) is 10.4. The highest BCUT2D eigenvalue weighted by molar-refractivity contribution is 7.98. The number of hydrogen-bond donors (Lipinski definition) is 3. The van der Waals surface area contributed by atoms with Crippen molar-refractivity contribution in [2.75, 3.05) is 18.6 Å². The first kappa shape index (κ1) is 18.8. The monoisotopic (exact) mass is 326 g/mol. The van der Waals surface area contributed by atoms with Gasteiger partial charge in [-0.05, 0) is 50.0 Å². The first-order valence-corrected chi connectivity index (χ1v) is 8.80. The molecular weight excluding hydrogens is 300 g/mol. The van der Waals surface area contributed by atoms with Gasteiger partial charge in [-0.3, -0.25) is 4.79 Å². The summed E-state index contributed by atoms with van der Waals surface area (Å²) in [6.45, 7) is 4.06. The van der Waals surface area contributed by atoms with Gasteiger partial charge in [0, 0.05) is 6.54 Å². The highest BCUT2D eigenvalue weighted by Crippen LogP contribution is 2.18. The lowest BCUT2D eigenvalue weighted by atomic mass is 10.1. The Kier molecular flexibility index (Phi) is 8.30. The van der Waals surface area contributed by atoms with Crippen molar-refractivity contribution in [2.45, 2.75) is 38.5 Å². The molecule has 1 rings (SSSR count). The molecule has 0 aliphatic carbocycles. The van der Waals surface area contributed by atoms with Crippen molar-refractivity contribution in [1.29, 1.82) is 0 Å². The van der Waals surface area contributed by atoms with E-state index in [1.807, 2.05) is 32.2 Å². The number of nitrogens with one attached hydrogen (secondary N) is 1. The number of amides is 1. The van der Waals surface area contributed by atoms with Crippen LogP contribution in [0.5, 0.6) is 5.75 Å². The summed E-state index contributed by atoms with van der Waals surface area (Å²) in [4.78, 5) is 11.8. The van der Waals surface area contributed by atoms with Crippen LogP contribution in [0.3, 0.4) is 0 Å². The van der Waals surface area contributed by atoms with Gasteiger partial charge in [-0.15, -0.1) is 0 Å². The van der Waals surface area contributed by atoms with Crippen LogP contribution < -0.4 is 15.8 Å². The van der Waals surface area contributed by atoms with Gasteiger partial charge in [-0.1, -0.05) is 12.1 Å². The number of aliphatic hydroxyl groups is 1. The third kappa shape index (κ3) is 6.68. The highest BCUT2D eigenvalue weighted by atomic mass is 32.2. The van der Waals surface area contributed by atoms with Crippen LogP contribution in [0.4, 0.5) is 0 Å². The van der Waals surface area contributed by atoms with Crippen LogP contribution in [0.1, 0.15) is 31.9 Å². The lowest BCUT2D eigenvalue weighted by Crippen LogP contribution is -2.42. The van der Waals surface area contributed by atoms with Gasteiger partial charge in [-0.2, -0.15) is 11.8 Å². The molecule has 5 nitrogen and oxygen atoms in total. The molecule has 22 heavy (non-hydrogen) atoms. The number of hydrogen-bond acceptors (Lipinski definition) is 5. The van der Waals surface area contributed by atoms with Crippen LogP contribution in [0, 0.1) is 0 Å². The van der Waals surface area contributed by atoms with Crippen molar-refractivity contribution in [3.8, 4) is 5.75 Å². The third-order valence-electron chi connectivity index (χ3n) is 3.08. The lowest BCUT2D eigenvalue weighted by Gasteiger charge is -2.16. The van der Waals surface area contributed by atoms with Crippen LogP contribution in [0.2, 0.25) is 0 Å². The van der Waals surface area contributed by atoms with Crippen LogP contribution in [0.25, 0.3) is 0 Å². The molecule has 0 aliphatic rings. The summed E-state index contributed by atoms with van der Waals surface area (Å²) in [5, 5.41) is 12.8. The Hall–Kier alpha value is -1.24. The number of thioether (sulfide) groups is 1. The molecule has 0 aromatic heterocycles. The lowest BCUT2D eigenvalue weighted by molar-refractivity contribution is -0.122. The molecule has 0 heterocycles. The fraction of sp³-hybridized carbons (Fsp3) is 0.562. The molecule has 1 amide bonds. The van der Waals surface area contributed by atoms with E-state index in [-0.39, 0.29) is 18.6 Å². The van der Waals surface area contributed by atoms with Crippen molar-refractivity contribution >= 4 is 17.7 Å². The van der Waals surface area contributed by atoms with Crippen LogP contribution >= 0.6 is 11.8 Å². The Labute approximate surface area is 136 Å². The number of carbonyl (C=O) groups is 1. The van der Waals surface area contributed by atoms with Gasteiger partial charge in [0.25, 0.3) is 0 Å². The predicted molar refractivity (Wildman–Crippen MR) is 91.1 cm³/mol. The topological polar surface area (TPSA) is 84.6 Å². The Bertz CT molecular complexity index is 451. The smallest absolute Gasteiger partial charge is 0.237 e. The number of nitrogens with two attached hydrogens (primary N) is 1. The molecule has 0 fully saturated rings. The van der Waals surface area contributed by atoms with Gasteiger partial charge in [0.15, 0.2) is 0 Å². The number of rotatable bonds is 9. The molecule has 2 atom stereocenters. The SMILES string of the molecule is CSCC[C@H](N)C(=O)NCC(O)c1ccc(OC(C)C)cc1. The van der Waals surface area contributed by atoms with E-state index in [0.29, 0.717) is 6.42 Å². The van der Waals surface area contributed by atoms with Crippen LogP contribution in [0.15, 0.2) is 24.3 Å². The van der Waals surface area contributed by atoms with E-state index in [1.54, 1.807) is 23.9 Å². The molecule has 0 spiro atoms. The minimum atomic E-state index is -0.759. The summed E-state index contributed by atoms with van der Waals surface area (Å²) in [7, 11) is 0. The molecular formula is C16H26N2O3S. The third-order valence-corrected chi connectivity index (χ3v) is 3.72. The maximum Gasteiger partial charge on any atom is 0.237 e. The van der Waals surface area contributed by atoms with Crippen molar-refractivity contribution in [3.63, 3.8) is 0 Å². The molecule has 0 aliphatic heterocycles. The molecule has 6 heteroatoms. The van der Waals surface area contributed by atoms with E-state index in [0.717, 1.165) is 17.1 Å². The maximum absolute atomic E-state index is 11.8. The summed E-state index contributed by atoms with van der Waals surface area (Å²) in [5.41, 5.74) is 6.50. The van der Waals surface area contributed by atoms with E-state index >= 15 is 0 Å². The van der Waals surface area contributed by atoms with Crippen LogP contribution in [-0.2, 0) is 4.79 Å². The second-order valence-corrected chi connectivity index (χ2v) is 6.37. The van der Waals surface area contributed by atoms with Gasteiger partial charge < -0.3 is 20.9 Å². The van der Waals surface area contributed by atoms with Crippen molar-refractivity contribution < 1.29 is 14.6 Å². The molecule has 124 valence electrons.